The van der Waals surface area contributed by atoms with Crippen molar-refractivity contribution in [3.63, 3.8) is 0 Å². The predicted molar refractivity (Wildman–Crippen MR) is 66.3 cm³/mol. The van der Waals surface area contributed by atoms with Crippen molar-refractivity contribution in [1.82, 2.24) is 5.32 Å². The number of nitrogens with one attached hydrogen (secondary N) is 1. The van der Waals surface area contributed by atoms with Gasteiger partial charge in [0, 0.05) is 6.54 Å². The SMILES string of the molecule is Cc1ccc(F)c(C(=O)NCC(C)CCN)c1. The molecule has 3 N–H and O–H groups in total. The zero-order chi connectivity index (χ0) is 12.8. The van der Waals surface area contributed by atoms with Gasteiger partial charge in [-0.05, 0) is 37.9 Å². The lowest BCUT2D eigenvalue weighted by Gasteiger charge is -2.12. The van der Waals surface area contributed by atoms with Crippen LogP contribution in [0.1, 0.15) is 29.3 Å². The van der Waals surface area contributed by atoms with E-state index in [-0.39, 0.29) is 11.5 Å². The van der Waals surface area contributed by atoms with Gasteiger partial charge in [-0.2, -0.15) is 0 Å². The molecule has 0 spiro atoms. The third kappa shape index (κ3) is 4.15. The normalized spacial score (nSPS) is 12.2. The minimum atomic E-state index is -0.487. The first-order chi connectivity index (χ1) is 8.04. The second-order valence-corrected chi connectivity index (χ2v) is 4.38. The number of hydrogen-bond acceptors (Lipinski definition) is 2. The molecule has 4 heteroatoms. The highest BCUT2D eigenvalue weighted by atomic mass is 19.1. The number of benzene rings is 1. The molecule has 0 heterocycles. The molecule has 0 radical (unpaired) electrons. The first-order valence-corrected chi connectivity index (χ1v) is 5.79. The largest absolute Gasteiger partial charge is 0.352 e. The summed E-state index contributed by atoms with van der Waals surface area (Å²) in [7, 11) is 0. The molecule has 0 aliphatic rings. The predicted octanol–water partition coefficient (Wildman–Crippen LogP) is 1.85. The monoisotopic (exact) mass is 238 g/mol. The molecule has 1 unspecified atom stereocenters. The van der Waals surface area contributed by atoms with Crippen molar-refractivity contribution in [2.45, 2.75) is 20.3 Å². The van der Waals surface area contributed by atoms with Crippen molar-refractivity contribution in [3.05, 3.63) is 35.1 Å². The fourth-order valence-corrected chi connectivity index (χ4v) is 1.56. The summed E-state index contributed by atoms with van der Waals surface area (Å²) in [4.78, 5) is 11.7. The quantitative estimate of drug-likeness (QED) is 0.822. The van der Waals surface area contributed by atoms with Crippen molar-refractivity contribution in [2.75, 3.05) is 13.1 Å². The fraction of sp³-hybridized carbons (Fsp3) is 0.462. The van der Waals surface area contributed by atoms with E-state index in [1.54, 1.807) is 12.1 Å². The van der Waals surface area contributed by atoms with Gasteiger partial charge in [-0.15, -0.1) is 0 Å². The van der Waals surface area contributed by atoms with Gasteiger partial charge < -0.3 is 11.1 Å². The van der Waals surface area contributed by atoms with Crippen molar-refractivity contribution in [3.8, 4) is 0 Å². The minimum Gasteiger partial charge on any atom is -0.352 e. The van der Waals surface area contributed by atoms with Gasteiger partial charge >= 0.3 is 0 Å². The van der Waals surface area contributed by atoms with Crippen LogP contribution in [-0.2, 0) is 0 Å². The summed E-state index contributed by atoms with van der Waals surface area (Å²) < 4.78 is 13.4. The molecule has 17 heavy (non-hydrogen) atoms. The molecule has 0 fully saturated rings. The highest BCUT2D eigenvalue weighted by Gasteiger charge is 2.12. The average molecular weight is 238 g/mol. The summed E-state index contributed by atoms with van der Waals surface area (Å²) in [5.74, 6) is -0.550. The lowest BCUT2D eigenvalue weighted by molar-refractivity contribution is 0.0943. The number of halogens is 1. The van der Waals surface area contributed by atoms with E-state index >= 15 is 0 Å². The van der Waals surface area contributed by atoms with Crippen LogP contribution >= 0.6 is 0 Å². The van der Waals surface area contributed by atoms with Crippen LogP contribution in [0.4, 0.5) is 4.39 Å². The van der Waals surface area contributed by atoms with E-state index in [9.17, 15) is 9.18 Å². The third-order valence-corrected chi connectivity index (χ3v) is 2.64. The lowest BCUT2D eigenvalue weighted by atomic mass is 10.1. The van der Waals surface area contributed by atoms with Crippen LogP contribution in [0.5, 0.6) is 0 Å². The molecule has 0 aliphatic heterocycles. The Morgan fingerprint density at radius 3 is 2.88 bits per heavy atom. The highest BCUT2D eigenvalue weighted by Crippen LogP contribution is 2.10. The van der Waals surface area contributed by atoms with Gasteiger partial charge in [0.25, 0.3) is 5.91 Å². The molecule has 1 amide bonds. The second-order valence-electron chi connectivity index (χ2n) is 4.38. The van der Waals surface area contributed by atoms with E-state index in [4.69, 9.17) is 5.73 Å². The molecule has 94 valence electrons. The standard InChI is InChI=1S/C13H19FN2O/c1-9-3-4-12(14)11(7-9)13(17)16-8-10(2)5-6-15/h3-4,7,10H,5-6,8,15H2,1-2H3,(H,16,17). The number of hydrogen-bond donors (Lipinski definition) is 2. The van der Waals surface area contributed by atoms with Crippen LogP contribution in [0, 0.1) is 18.7 Å². The number of carbonyl (C=O) groups is 1. The van der Waals surface area contributed by atoms with Crippen LogP contribution < -0.4 is 11.1 Å². The van der Waals surface area contributed by atoms with E-state index in [2.05, 4.69) is 5.32 Å². The van der Waals surface area contributed by atoms with E-state index in [0.717, 1.165) is 12.0 Å². The van der Waals surface area contributed by atoms with Crippen molar-refractivity contribution in [2.24, 2.45) is 11.7 Å². The van der Waals surface area contributed by atoms with E-state index in [1.807, 2.05) is 13.8 Å². The molecule has 0 saturated heterocycles. The minimum absolute atomic E-state index is 0.102. The topological polar surface area (TPSA) is 55.1 Å². The van der Waals surface area contributed by atoms with E-state index in [0.29, 0.717) is 19.0 Å². The van der Waals surface area contributed by atoms with Crippen LogP contribution in [0.2, 0.25) is 0 Å². The summed E-state index contributed by atoms with van der Waals surface area (Å²) in [6, 6.07) is 4.51. The van der Waals surface area contributed by atoms with Gasteiger partial charge in [-0.1, -0.05) is 18.6 Å². The maximum atomic E-state index is 13.4. The molecule has 1 atom stereocenters. The first-order valence-electron chi connectivity index (χ1n) is 5.79. The smallest absolute Gasteiger partial charge is 0.254 e. The number of aryl methyl sites for hydroxylation is 1. The van der Waals surface area contributed by atoms with Gasteiger partial charge in [-0.3, -0.25) is 4.79 Å². The summed E-state index contributed by atoms with van der Waals surface area (Å²) in [5, 5.41) is 2.72. The van der Waals surface area contributed by atoms with Crippen LogP contribution in [0.3, 0.4) is 0 Å². The third-order valence-electron chi connectivity index (χ3n) is 2.64. The van der Waals surface area contributed by atoms with Gasteiger partial charge in [0.05, 0.1) is 5.56 Å². The molecular formula is C13H19FN2O. The number of carbonyl (C=O) groups excluding carboxylic acids is 1. The van der Waals surface area contributed by atoms with Crippen molar-refractivity contribution < 1.29 is 9.18 Å². The molecule has 0 saturated carbocycles. The number of nitrogens with two attached hydrogens (primary N) is 1. The van der Waals surface area contributed by atoms with Gasteiger partial charge in [0.2, 0.25) is 0 Å². The fourth-order valence-electron chi connectivity index (χ4n) is 1.56. The van der Waals surface area contributed by atoms with Gasteiger partial charge in [-0.25, -0.2) is 4.39 Å². The summed E-state index contributed by atoms with van der Waals surface area (Å²) in [6.07, 6.45) is 0.844. The maximum absolute atomic E-state index is 13.4. The van der Waals surface area contributed by atoms with Crippen molar-refractivity contribution in [1.29, 1.82) is 0 Å². The molecule has 1 aromatic rings. The Kier molecular flexibility index (Phi) is 5.10. The van der Waals surface area contributed by atoms with E-state index in [1.165, 1.54) is 6.07 Å². The Morgan fingerprint density at radius 2 is 2.24 bits per heavy atom. The molecule has 1 aromatic carbocycles. The Morgan fingerprint density at radius 1 is 1.53 bits per heavy atom. The zero-order valence-corrected chi connectivity index (χ0v) is 10.3. The number of amides is 1. The zero-order valence-electron chi connectivity index (χ0n) is 10.3. The van der Waals surface area contributed by atoms with Crippen LogP contribution in [0.25, 0.3) is 0 Å². The summed E-state index contributed by atoms with van der Waals surface area (Å²) in [5.41, 5.74) is 6.39. The Hall–Kier alpha value is -1.42. The lowest BCUT2D eigenvalue weighted by Crippen LogP contribution is -2.29. The highest BCUT2D eigenvalue weighted by molar-refractivity contribution is 5.94. The summed E-state index contributed by atoms with van der Waals surface area (Å²) >= 11 is 0. The second kappa shape index (κ2) is 6.35. The van der Waals surface area contributed by atoms with E-state index < -0.39 is 5.82 Å². The molecule has 0 aliphatic carbocycles. The Balaban J connectivity index is 2.61. The molecule has 3 nitrogen and oxygen atoms in total. The van der Waals surface area contributed by atoms with Gasteiger partial charge in [0.15, 0.2) is 0 Å². The van der Waals surface area contributed by atoms with Crippen LogP contribution in [-0.4, -0.2) is 19.0 Å². The van der Waals surface area contributed by atoms with Crippen LogP contribution in [0.15, 0.2) is 18.2 Å². The summed E-state index contributed by atoms with van der Waals surface area (Å²) in [6.45, 7) is 4.94. The molecule has 0 bridgehead atoms. The average Bonchev–Trinajstić information content (AvgIpc) is 2.29. The molecule has 0 aromatic heterocycles. The molecular weight excluding hydrogens is 219 g/mol. The maximum Gasteiger partial charge on any atom is 0.254 e. The Bertz CT molecular complexity index is 393. The van der Waals surface area contributed by atoms with Crippen molar-refractivity contribution >= 4 is 5.91 Å². The first kappa shape index (κ1) is 13.6. The number of rotatable bonds is 5. The van der Waals surface area contributed by atoms with Gasteiger partial charge in [0.1, 0.15) is 5.82 Å². The molecule has 1 rings (SSSR count). The Labute approximate surface area is 101 Å².